The smallest absolute Gasteiger partial charge is 0.273 e. The molecule has 2 amide bonds. The number of hydrogen-bond donors (Lipinski definition) is 1. The Morgan fingerprint density at radius 3 is 2.60 bits per heavy atom. The van der Waals surface area contributed by atoms with Crippen LogP contribution in [-0.4, -0.2) is 34.2 Å². The van der Waals surface area contributed by atoms with Crippen LogP contribution in [0.1, 0.15) is 37.8 Å². The monoisotopic (exact) mass is 475 g/mol. The van der Waals surface area contributed by atoms with E-state index in [0.29, 0.717) is 12.1 Å². The summed E-state index contributed by atoms with van der Waals surface area (Å²) in [6, 6.07) is 13.0. The molecule has 0 bridgehead atoms. The molecular weight excluding hydrogens is 450 g/mol. The number of nitro groups is 1. The fourth-order valence-corrected chi connectivity index (χ4v) is 3.50. The third-order valence-corrected chi connectivity index (χ3v) is 5.26. The summed E-state index contributed by atoms with van der Waals surface area (Å²) >= 11 is 3.42. The Kier molecular flexibility index (Phi) is 8.98. The Bertz CT molecular complexity index is 903. The van der Waals surface area contributed by atoms with Crippen LogP contribution in [0, 0.1) is 10.1 Å². The Hall–Kier alpha value is -2.74. The standard InChI is InChI=1S/C22H26BrN3O4/c1-3-4-12-24-22(28)16(2)25(15-17-8-7-10-19(23)13-17)21(27)14-18-9-5-6-11-20(18)26(29)30/h5-11,13,16H,3-4,12,14-15H2,1-2H3,(H,24,28). The molecule has 160 valence electrons. The zero-order valence-corrected chi connectivity index (χ0v) is 18.7. The van der Waals surface area contributed by atoms with Crippen molar-refractivity contribution >= 4 is 33.4 Å². The van der Waals surface area contributed by atoms with Gasteiger partial charge in [0.15, 0.2) is 0 Å². The quantitative estimate of drug-likeness (QED) is 0.316. The number of rotatable bonds is 10. The van der Waals surface area contributed by atoms with Gasteiger partial charge in [-0.15, -0.1) is 0 Å². The molecule has 1 atom stereocenters. The average Bonchev–Trinajstić information content (AvgIpc) is 2.71. The van der Waals surface area contributed by atoms with Crippen LogP contribution in [0.4, 0.5) is 5.69 Å². The molecule has 30 heavy (non-hydrogen) atoms. The molecule has 7 nitrogen and oxygen atoms in total. The predicted molar refractivity (Wildman–Crippen MR) is 119 cm³/mol. The molecule has 2 aromatic carbocycles. The summed E-state index contributed by atoms with van der Waals surface area (Å²) in [4.78, 5) is 38.1. The number of amides is 2. The highest BCUT2D eigenvalue weighted by atomic mass is 79.9. The van der Waals surface area contributed by atoms with E-state index in [1.54, 1.807) is 25.1 Å². The molecule has 0 fully saturated rings. The van der Waals surface area contributed by atoms with E-state index in [1.807, 2.05) is 31.2 Å². The molecule has 0 aliphatic heterocycles. The van der Waals surface area contributed by atoms with Crippen molar-refractivity contribution in [3.05, 3.63) is 74.2 Å². The van der Waals surface area contributed by atoms with Crippen LogP contribution in [0.5, 0.6) is 0 Å². The number of para-hydroxylation sites is 1. The minimum Gasteiger partial charge on any atom is -0.354 e. The molecule has 0 spiro atoms. The maximum absolute atomic E-state index is 13.2. The lowest BCUT2D eigenvalue weighted by molar-refractivity contribution is -0.385. The Balaban J connectivity index is 2.26. The molecular formula is C22H26BrN3O4. The molecule has 0 radical (unpaired) electrons. The van der Waals surface area contributed by atoms with E-state index in [4.69, 9.17) is 0 Å². The lowest BCUT2D eigenvalue weighted by Crippen LogP contribution is -2.48. The zero-order valence-electron chi connectivity index (χ0n) is 17.1. The number of nitrogens with one attached hydrogen (secondary N) is 1. The zero-order chi connectivity index (χ0) is 22.1. The van der Waals surface area contributed by atoms with Gasteiger partial charge in [-0.05, 0) is 31.0 Å². The van der Waals surface area contributed by atoms with Gasteiger partial charge in [-0.3, -0.25) is 19.7 Å². The molecule has 1 N–H and O–H groups in total. The fraction of sp³-hybridized carbons (Fsp3) is 0.364. The van der Waals surface area contributed by atoms with Crippen molar-refractivity contribution in [3.63, 3.8) is 0 Å². The van der Waals surface area contributed by atoms with Gasteiger partial charge in [-0.1, -0.05) is 59.6 Å². The van der Waals surface area contributed by atoms with Gasteiger partial charge in [-0.2, -0.15) is 0 Å². The molecule has 0 aliphatic carbocycles. The SMILES string of the molecule is CCCCNC(=O)C(C)N(Cc1cccc(Br)c1)C(=O)Cc1ccccc1[N+](=O)[O-]. The van der Waals surface area contributed by atoms with Gasteiger partial charge in [0.1, 0.15) is 6.04 Å². The van der Waals surface area contributed by atoms with Gasteiger partial charge in [0.2, 0.25) is 11.8 Å². The number of halogens is 1. The largest absolute Gasteiger partial charge is 0.354 e. The summed E-state index contributed by atoms with van der Waals surface area (Å²) in [5.74, 6) is -0.586. The van der Waals surface area contributed by atoms with Crippen molar-refractivity contribution in [2.45, 2.75) is 45.7 Å². The first-order valence-electron chi connectivity index (χ1n) is 9.87. The summed E-state index contributed by atoms with van der Waals surface area (Å²) in [7, 11) is 0. The van der Waals surface area contributed by atoms with Gasteiger partial charge >= 0.3 is 0 Å². The Morgan fingerprint density at radius 1 is 1.20 bits per heavy atom. The maximum Gasteiger partial charge on any atom is 0.273 e. The normalized spacial score (nSPS) is 11.6. The third-order valence-electron chi connectivity index (χ3n) is 4.77. The van der Waals surface area contributed by atoms with E-state index in [2.05, 4.69) is 21.2 Å². The molecule has 2 aromatic rings. The third kappa shape index (κ3) is 6.66. The average molecular weight is 476 g/mol. The van der Waals surface area contributed by atoms with Gasteiger partial charge in [0.25, 0.3) is 5.69 Å². The molecule has 0 heterocycles. The van der Waals surface area contributed by atoms with Crippen LogP contribution in [0.15, 0.2) is 53.0 Å². The second-order valence-electron chi connectivity index (χ2n) is 7.03. The summed E-state index contributed by atoms with van der Waals surface area (Å²) in [6.45, 7) is 4.48. The van der Waals surface area contributed by atoms with Crippen molar-refractivity contribution < 1.29 is 14.5 Å². The number of nitrogens with zero attached hydrogens (tertiary/aromatic N) is 2. The van der Waals surface area contributed by atoms with Crippen molar-refractivity contribution in [2.24, 2.45) is 0 Å². The van der Waals surface area contributed by atoms with Gasteiger partial charge in [-0.25, -0.2) is 0 Å². The molecule has 0 aromatic heterocycles. The first-order chi connectivity index (χ1) is 14.3. The number of benzene rings is 2. The summed E-state index contributed by atoms with van der Waals surface area (Å²) < 4.78 is 0.867. The molecule has 2 rings (SSSR count). The van der Waals surface area contributed by atoms with Crippen molar-refractivity contribution in [2.75, 3.05) is 6.54 Å². The number of nitro benzene ring substituents is 1. The highest BCUT2D eigenvalue weighted by molar-refractivity contribution is 9.10. The van der Waals surface area contributed by atoms with Crippen molar-refractivity contribution in [1.82, 2.24) is 10.2 Å². The Labute approximate surface area is 184 Å². The molecule has 8 heteroatoms. The van der Waals surface area contributed by atoms with Crippen LogP contribution in [0.25, 0.3) is 0 Å². The van der Waals surface area contributed by atoms with E-state index in [1.165, 1.54) is 11.0 Å². The first-order valence-corrected chi connectivity index (χ1v) is 10.7. The van der Waals surface area contributed by atoms with Crippen LogP contribution < -0.4 is 5.32 Å². The minimum absolute atomic E-state index is 0.103. The lowest BCUT2D eigenvalue weighted by Gasteiger charge is -2.29. The second kappa shape index (κ2) is 11.4. The van der Waals surface area contributed by atoms with E-state index in [0.717, 1.165) is 22.9 Å². The van der Waals surface area contributed by atoms with Gasteiger partial charge < -0.3 is 10.2 Å². The topological polar surface area (TPSA) is 92.6 Å². The van der Waals surface area contributed by atoms with Gasteiger partial charge in [0.05, 0.1) is 11.3 Å². The molecule has 0 aliphatic rings. The van der Waals surface area contributed by atoms with E-state index in [9.17, 15) is 19.7 Å². The van der Waals surface area contributed by atoms with Crippen LogP contribution in [0.3, 0.4) is 0 Å². The summed E-state index contributed by atoms with van der Waals surface area (Å²) in [5, 5.41) is 14.2. The molecule has 1 unspecified atom stereocenters. The van der Waals surface area contributed by atoms with E-state index >= 15 is 0 Å². The number of hydrogen-bond acceptors (Lipinski definition) is 4. The maximum atomic E-state index is 13.2. The summed E-state index contributed by atoms with van der Waals surface area (Å²) in [5.41, 5.74) is 1.08. The Morgan fingerprint density at radius 2 is 1.93 bits per heavy atom. The van der Waals surface area contributed by atoms with Gasteiger partial charge in [0, 0.05) is 29.2 Å². The van der Waals surface area contributed by atoms with Crippen LogP contribution >= 0.6 is 15.9 Å². The van der Waals surface area contributed by atoms with E-state index in [-0.39, 0.29) is 30.5 Å². The van der Waals surface area contributed by atoms with Crippen molar-refractivity contribution in [3.8, 4) is 0 Å². The fourth-order valence-electron chi connectivity index (χ4n) is 3.05. The minimum atomic E-state index is -0.712. The highest BCUT2D eigenvalue weighted by Crippen LogP contribution is 2.21. The lowest BCUT2D eigenvalue weighted by atomic mass is 10.1. The summed E-state index contributed by atoms with van der Waals surface area (Å²) in [6.07, 6.45) is 1.65. The second-order valence-corrected chi connectivity index (χ2v) is 7.95. The van der Waals surface area contributed by atoms with E-state index < -0.39 is 11.0 Å². The predicted octanol–water partition coefficient (Wildman–Crippen LogP) is 4.23. The highest BCUT2D eigenvalue weighted by Gasteiger charge is 2.27. The number of carbonyl (C=O) groups excluding carboxylic acids is 2. The first kappa shape index (κ1) is 23.5. The number of unbranched alkanes of at least 4 members (excludes halogenated alkanes) is 1. The van der Waals surface area contributed by atoms with Crippen LogP contribution in [0.2, 0.25) is 0 Å². The van der Waals surface area contributed by atoms with Crippen molar-refractivity contribution in [1.29, 1.82) is 0 Å². The number of carbonyl (C=O) groups is 2. The van der Waals surface area contributed by atoms with Crippen LogP contribution in [-0.2, 0) is 22.6 Å². The molecule has 0 saturated heterocycles. The molecule has 0 saturated carbocycles.